The highest BCUT2D eigenvalue weighted by Crippen LogP contribution is 2.39. The zero-order chi connectivity index (χ0) is 21.8. The summed E-state index contributed by atoms with van der Waals surface area (Å²) in [5.41, 5.74) is 1.91. The second kappa shape index (κ2) is 9.13. The molecule has 3 aromatic rings. The van der Waals surface area contributed by atoms with E-state index in [1.54, 1.807) is 23.2 Å². The molecule has 0 aliphatic carbocycles. The molecule has 0 spiro atoms. The minimum Gasteiger partial charge on any atom is -0.507 e. The molecule has 0 aliphatic heterocycles. The average Bonchev–Trinajstić information content (AvgIpc) is 2.69. The average molecular weight is 408 g/mol. The van der Waals surface area contributed by atoms with Gasteiger partial charge >= 0.3 is 5.63 Å². The highest BCUT2D eigenvalue weighted by molar-refractivity contribution is 5.88. The molecule has 3 rings (SSSR count). The van der Waals surface area contributed by atoms with Crippen LogP contribution in [-0.4, -0.2) is 55.5 Å². The van der Waals surface area contributed by atoms with Crippen LogP contribution in [0.2, 0.25) is 0 Å². The van der Waals surface area contributed by atoms with Gasteiger partial charge < -0.3 is 19.4 Å². The number of para-hydroxylation sites is 1. The molecule has 2 atom stereocenters. The molecule has 2 aromatic carbocycles. The van der Waals surface area contributed by atoms with E-state index in [0.29, 0.717) is 17.5 Å². The quantitative estimate of drug-likeness (QED) is 0.367. The monoisotopic (exact) mass is 407 g/mol. The van der Waals surface area contributed by atoms with Gasteiger partial charge in [0, 0.05) is 38.2 Å². The van der Waals surface area contributed by atoms with Crippen molar-refractivity contribution in [2.75, 3.05) is 34.7 Å². The maximum Gasteiger partial charge on any atom is 0.343 e. The molecule has 1 N–H and O–H groups in total. The van der Waals surface area contributed by atoms with Gasteiger partial charge in [-0.15, -0.1) is 0 Å². The van der Waals surface area contributed by atoms with Crippen molar-refractivity contribution >= 4 is 16.7 Å². The molecule has 0 bridgehead atoms. The minimum absolute atomic E-state index is 0.0305. The van der Waals surface area contributed by atoms with Crippen LogP contribution in [-0.2, 0) is 0 Å². The van der Waals surface area contributed by atoms with E-state index in [2.05, 4.69) is 10.0 Å². The second-order valence-corrected chi connectivity index (χ2v) is 7.99. The lowest BCUT2D eigenvalue weighted by Gasteiger charge is -2.30. The lowest BCUT2D eigenvalue weighted by atomic mass is 9.78. The number of rotatable bonds is 7. The number of fused-ring (bicyclic) bond motifs is 1. The van der Waals surface area contributed by atoms with E-state index in [4.69, 9.17) is 4.42 Å². The lowest BCUT2D eigenvalue weighted by Crippen LogP contribution is -2.35. The van der Waals surface area contributed by atoms with Gasteiger partial charge in [-0.25, -0.2) is 4.79 Å². The Hall–Kier alpha value is -3.12. The Morgan fingerprint density at radius 1 is 1.03 bits per heavy atom. The predicted octanol–water partition coefficient (Wildman–Crippen LogP) is 3.75. The summed E-state index contributed by atoms with van der Waals surface area (Å²) >= 11 is 0. The van der Waals surface area contributed by atoms with Gasteiger partial charge in [0.05, 0.1) is 10.9 Å². The number of hydrazone groups is 1. The molecule has 6 nitrogen and oxygen atoms in total. The lowest BCUT2D eigenvalue weighted by molar-refractivity contribution is 0.340. The largest absolute Gasteiger partial charge is 0.507 e. The third-order valence-corrected chi connectivity index (χ3v) is 5.15. The molecular formula is C24H29N3O3. The summed E-state index contributed by atoms with van der Waals surface area (Å²) in [6.45, 7) is 2.61. The first-order valence-electron chi connectivity index (χ1n) is 9.96. The van der Waals surface area contributed by atoms with Gasteiger partial charge in [0.2, 0.25) is 0 Å². The normalized spacial score (nSPS) is 14.1. The van der Waals surface area contributed by atoms with Crippen LogP contribution in [0.25, 0.3) is 11.0 Å². The van der Waals surface area contributed by atoms with Crippen molar-refractivity contribution in [1.29, 1.82) is 0 Å². The zero-order valence-corrected chi connectivity index (χ0v) is 18.2. The van der Waals surface area contributed by atoms with Crippen LogP contribution in [0.3, 0.4) is 0 Å². The summed E-state index contributed by atoms with van der Waals surface area (Å²) in [6, 6.07) is 16.8. The smallest absolute Gasteiger partial charge is 0.343 e. The fourth-order valence-electron chi connectivity index (χ4n) is 3.94. The number of nitrogens with zero attached hydrogens (tertiary/aromatic N) is 3. The van der Waals surface area contributed by atoms with Crippen molar-refractivity contribution in [3.05, 3.63) is 76.1 Å². The number of hydrogen-bond donors (Lipinski definition) is 1. The van der Waals surface area contributed by atoms with E-state index in [-0.39, 0.29) is 17.2 Å². The van der Waals surface area contributed by atoms with Crippen molar-refractivity contribution in [3.63, 3.8) is 0 Å². The topological polar surface area (TPSA) is 69.3 Å². The van der Waals surface area contributed by atoms with Gasteiger partial charge in [0.1, 0.15) is 11.3 Å². The van der Waals surface area contributed by atoms with Crippen LogP contribution >= 0.6 is 0 Å². The van der Waals surface area contributed by atoms with Crippen molar-refractivity contribution in [2.45, 2.75) is 12.8 Å². The fraction of sp³-hybridized carbons (Fsp3) is 0.333. The molecule has 158 valence electrons. The van der Waals surface area contributed by atoms with E-state index in [0.717, 1.165) is 11.3 Å². The molecule has 1 aromatic heterocycles. The van der Waals surface area contributed by atoms with Gasteiger partial charge in [-0.1, -0.05) is 42.5 Å². The third kappa shape index (κ3) is 4.54. The van der Waals surface area contributed by atoms with Crippen LogP contribution in [0.5, 0.6) is 5.75 Å². The van der Waals surface area contributed by atoms with E-state index in [1.165, 1.54) is 0 Å². The van der Waals surface area contributed by atoms with Crippen molar-refractivity contribution in [3.8, 4) is 5.75 Å². The molecule has 0 fully saturated rings. The maximum absolute atomic E-state index is 13.1. The van der Waals surface area contributed by atoms with Crippen LogP contribution in [0, 0.1) is 5.92 Å². The fourth-order valence-corrected chi connectivity index (χ4v) is 3.94. The highest BCUT2D eigenvalue weighted by atomic mass is 16.4. The molecular weight excluding hydrogens is 378 g/mol. The van der Waals surface area contributed by atoms with Gasteiger partial charge in [-0.05, 0) is 38.7 Å². The second-order valence-electron chi connectivity index (χ2n) is 7.99. The molecule has 30 heavy (non-hydrogen) atoms. The Bertz CT molecular complexity index is 1090. The minimum atomic E-state index is -0.526. The molecule has 6 heteroatoms. The molecule has 1 heterocycles. The maximum atomic E-state index is 13.1. The van der Waals surface area contributed by atoms with Gasteiger partial charge in [-0.2, -0.15) is 5.10 Å². The number of hydrogen-bond acceptors (Lipinski definition) is 6. The molecule has 0 amide bonds. The Kier molecular flexibility index (Phi) is 6.57. The summed E-state index contributed by atoms with van der Waals surface area (Å²) in [5.74, 6) is -0.602. The van der Waals surface area contributed by atoms with Crippen LogP contribution in [0.15, 0.2) is 68.9 Å². The third-order valence-electron chi connectivity index (χ3n) is 5.15. The van der Waals surface area contributed by atoms with Gasteiger partial charge in [0.15, 0.2) is 0 Å². The van der Waals surface area contributed by atoms with E-state index in [9.17, 15) is 9.90 Å². The zero-order valence-electron chi connectivity index (χ0n) is 18.2. The molecule has 0 saturated carbocycles. The van der Waals surface area contributed by atoms with Crippen molar-refractivity contribution in [2.24, 2.45) is 11.0 Å². The van der Waals surface area contributed by atoms with Crippen LogP contribution in [0.4, 0.5) is 0 Å². The summed E-state index contributed by atoms with van der Waals surface area (Å²) < 4.78 is 5.61. The Morgan fingerprint density at radius 2 is 1.67 bits per heavy atom. The number of benzene rings is 2. The number of aromatic hydroxyl groups is 1. The summed E-state index contributed by atoms with van der Waals surface area (Å²) in [4.78, 5) is 15.2. The first-order chi connectivity index (χ1) is 14.3. The van der Waals surface area contributed by atoms with Crippen LogP contribution < -0.4 is 5.63 Å². The Morgan fingerprint density at radius 3 is 2.30 bits per heavy atom. The van der Waals surface area contributed by atoms with E-state index < -0.39 is 11.5 Å². The Balaban J connectivity index is 2.31. The summed E-state index contributed by atoms with van der Waals surface area (Å²) in [6.07, 6.45) is 0. The summed E-state index contributed by atoms with van der Waals surface area (Å²) in [5, 5.41) is 18.1. The summed E-state index contributed by atoms with van der Waals surface area (Å²) in [7, 11) is 7.71. The van der Waals surface area contributed by atoms with Crippen molar-refractivity contribution in [1.82, 2.24) is 9.91 Å². The molecule has 0 unspecified atom stereocenters. The van der Waals surface area contributed by atoms with Gasteiger partial charge in [-0.3, -0.25) is 0 Å². The SMILES string of the molecule is C/C(=N/N(C)C)[C@@H](CN(C)C)[C@@H](c1ccccc1)c1c(O)c2ccccc2oc1=O. The molecule has 0 radical (unpaired) electrons. The molecule has 0 aliphatic rings. The first kappa shape index (κ1) is 21.6. The van der Waals surface area contributed by atoms with E-state index in [1.807, 2.05) is 71.5 Å². The first-order valence-corrected chi connectivity index (χ1v) is 9.96. The standard InChI is InChI=1S/C24H29N3O3/c1-16(25-27(4)5)19(15-26(2)3)21(17-11-7-6-8-12-17)22-23(28)18-13-9-10-14-20(18)30-24(22)29/h6-14,19,21,28H,15H2,1-5H3/b25-16-/t19-,21-/m1/s1. The van der Waals surface area contributed by atoms with E-state index >= 15 is 0 Å². The predicted molar refractivity (Wildman–Crippen MR) is 121 cm³/mol. The molecule has 0 saturated heterocycles. The Labute approximate surface area is 177 Å². The van der Waals surface area contributed by atoms with Crippen LogP contribution in [0.1, 0.15) is 24.0 Å². The van der Waals surface area contributed by atoms with Crippen molar-refractivity contribution < 1.29 is 9.52 Å². The highest BCUT2D eigenvalue weighted by Gasteiger charge is 2.33. The van der Waals surface area contributed by atoms with Gasteiger partial charge in [0.25, 0.3) is 0 Å².